The fraction of sp³-hybridized carbons (Fsp3) is 0.500. The van der Waals surface area contributed by atoms with E-state index in [1.807, 2.05) is 0 Å². The van der Waals surface area contributed by atoms with Crippen molar-refractivity contribution in [3.05, 3.63) is 42.5 Å². The molecular formula is C24H29FN6O3. The quantitative estimate of drug-likeness (QED) is 0.541. The van der Waals surface area contributed by atoms with Gasteiger partial charge in [0.2, 0.25) is 5.95 Å². The molecule has 2 aromatic heterocycles. The molecule has 2 fully saturated rings. The molecule has 9 nitrogen and oxygen atoms in total. The van der Waals surface area contributed by atoms with E-state index >= 15 is 0 Å². The molecule has 3 heterocycles. The summed E-state index contributed by atoms with van der Waals surface area (Å²) in [7, 11) is 0. The molecule has 3 aromatic rings. The zero-order valence-electron chi connectivity index (χ0n) is 18.9. The van der Waals surface area contributed by atoms with Crippen LogP contribution in [0.5, 0.6) is 5.75 Å². The van der Waals surface area contributed by atoms with Gasteiger partial charge in [-0.05, 0) is 31.7 Å². The summed E-state index contributed by atoms with van der Waals surface area (Å²) in [4.78, 5) is 19.8. The van der Waals surface area contributed by atoms with E-state index in [1.54, 1.807) is 12.4 Å². The third kappa shape index (κ3) is 5.18. The van der Waals surface area contributed by atoms with E-state index in [1.165, 1.54) is 12.4 Å². The van der Waals surface area contributed by atoms with E-state index in [0.717, 1.165) is 61.2 Å². The van der Waals surface area contributed by atoms with Crippen LogP contribution in [0.15, 0.2) is 36.9 Å². The molecule has 5 rings (SSSR count). The van der Waals surface area contributed by atoms with Crippen LogP contribution in [0.4, 0.5) is 16.0 Å². The number of alkyl halides is 1. The summed E-state index contributed by atoms with van der Waals surface area (Å²) < 4.78 is 24.6. The average molecular weight is 469 g/mol. The number of halogens is 1. The molecule has 1 aromatic carbocycles. The minimum absolute atomic E-state index is 0.0891. The Morgan fingerprint density at radius 3 is 2.53 bits per heavy atom. The molecule has 2 aliphatic rings. The Labute approximate surface area is 197 Å². The summed E-state index contributed by atoms with van der Waals surface area (Å²) in [5.74, 6) is 1.26. The number of ether oxygens (including phenoxy) is 2. The molecule has 10 heteroatoms. The number of nitrogens with zero attached hydrogens (tertiary/aromatic N) is 5. The van der Waals surface area contributed by atoms with Crippen molar-refractivity contribution in [2.24, 2.45) is 0 Å². The number of anilines is 2. The van der Waals surface area contributed by atoms with Crippen LogP contribution >= 0.6 is 0 Å². The van der Waals surface area contributed by atoms with E-state index < -0.39 is 12.8 Å². The van der Waals surface area contributed by atoms with E-state index in [2.05, 4.69) is 42.3 Å². The van der Waals surface area contributed by atoms with Gasteiger partial charge < -0.3 is 24.8 Å². The highest BCUT2D eigenvalue weighted by atomic mass is 19.1. The van der Waals surface area contributed by atoms with Gasteiger partial charge in [0.25, 0.3) is 0 Å². The lowest BCUT2D eigenvalue weighted by Crippen LogP contribution is -2.36. The number of fused-ring (bicyclic) bond motifs is 1. The number of rotatable bonds is 7. The molecule has 1 saturated heterocycles. The molecule has 0 radical (unpaired) electrons. The van der Waals surface area contributed by atoms with Gasteiger partial charge in [0, 0.05) is 61.2 Å². The second kappa shape index (κ2) is 10.4. The minimum atomic E-state index is -1.18. The summed E-state index contributed by atoms with van der Waals surface area (Å²) in [6.45, 7) is 2.27. The molecule has 0 spiro atoms. The second-order valence-electron chi connectivity index (χ2n) is 8.71. The molecule has 0 unspecified atom stereocenters. The molecule has 0 bridgehead atoms. The van der Waals surface area contributed by atoms with Crippen LogP contribution in [-0.4, -0.2) is 70.2 Å². The van der Waals surface area contributed by atoms with Gasteiger partial charge in [-0.25, -0.2) is 19.3 Å². The average Bonchev–Trinajstić information content (AvgIpc) is 2.90. The maximum atomic E-state index is 12.6. The first-order valence-electron chi connectivity index (χ1n) is 11.8. The Kier molecular flexibility index (Phi) is 6.96. The molecule has 1 saturated carbocycles. The predicted octanol–water partition coefficient (Wildman–Crippen LogP) is 3.06. The standard InChI is InChI=1S/C24H29FN6O3/c25-13-21(32)16-14-28-24(29-15-16)30-17-1-3-19(4-2-17)34-22-12-18(31-7-9-33-10-8-31)11-20-23(22)27-6-5-26-20/h5-6,11-12,14-15,17,19,21,32H,1-4,7-10,13H2,(H,28,29,30)/t17-,19+,21-/m1/s1. The number of aromatic nitrogens is 4. The number of hydrogen-bond donors (Lipinski definition) is 2. The molecule has 180 valence electrons. The SMILES string of the molecule is O[C@H](CF)c1cnc(N[C@H]2CC[C@@H](Oc3cc(N4CCOCC4)cc4nccnc34)CC2)nc1. The Morgan fingerprint density at radius 1 is 1.06 bits per heavy atom. The molecule has 2 N–H and O–H groups in total. The monoisotopic (exact) mass is 468 g/mol. The van der Waals surface area contributed by atoms with Crippen LogP contribution in [0.2, 0.25) is 0 Å². The number of aliphatic hydroxyl groups excluding tert-OH is 1. The molecular weight excluding hydrogens is 439 g/mol. The van der Waals surface area contributed by atoms with Crippen LogP contribution in [0.3, 0.4) is 0 Å². The summed E-state index contributed by atoms with van der Waals surface area (Å²) in [6, 6.07) is 4.38. The highest BCUT2D eigenvalue weighted by molar-refractivity contribution is 5.85. The maximum absolute atomic E-state index is 12.6. The van der Waals surface area contributed by atoms with Crippen molar-refractivity contribution in [3.8, 4) is 5.75 Å². The highest BCUT2D eigenvalue weighted by Crippen LogP contribution is 2.33. The van der Waals surface area contributed by atoms with Crippen LogP contribution in [0.1, 0.15) is 37.4 Å². The summed E-state index contributed by atoms with van der Waals surface area (Å²) in [6.07, 6.45) is 8.84. The number of benzene rings is 1. The van der Waals surface area contributed by atoms with Gasteiger partial charge in [-0.1, -0.05) is 0 Å². The predicted molar refractivity (Wildman–Crippen MR) is 126 cm³/mol. The highest BCUT2D eigenvalue weighted by Gasteiger charge is 2.25. The van der Waals surface area contributed by atoms with Crippen molar-refractivity contribution >= 4 is 22.7 Å². The first-order chi connectivity index (χ1) is 16.7. The molecule has 0 amide bonds. The molecule has 34 heavy (non-hydrogen) atoms. The minimum Gasteiger partial charge on any atom is -0.488 e. The van der Waals surface area contributed by atoms with E-state index in [4.69, 9.17) is 9.47 Å². The van der Waals surface area contributed by atoms with Gasteiger partial charge in [-0.2, -0.15) is 0 Å². The van der Waals surface area contributed by atoms with Gasteiger partial charge in [0.05, 0.1) is 24.8 Å². The third-order valence-electron chi connectivity index (χ3n) is 6.40. The van der Waals surface area contributed by atoms with Crippen LogP contribution in [0.25, 0.3) is 11.0 Å². The maximum Gasteiger partial charge on any atom is 0.222 e. The van der Waals surface area contributed by atoms with Crippen LogP contribution in [0, 0.1) is 0 Å². The van der Waals surface area contributed by atoms with Gasteiger partial charge >= 0.3 is 0 Å². The fourth-order valence-corrected chi connectivity index (χ4v) is 4.48. The second-order valence-corrected chi connectivity index (χ2v) is 8.71. The van der Waals surface area contributed by atoms with Crippen molar-refractivity contribution in [1.82, 2.24) is 19.9 Å². The molecule has 1 aliphatic heterocycles. The van der Waals surface area contributed by atoms with Crippen molar-refractivity contribution in [3.63, 3.8) is 0 Å². The van der Waals surface area contributed by atoms with Gasteiger partial charge in [0.1, 0.15) is 24.0 Å². The summed E-state index contributed by atoms with van der Waals surface area (Å²) >= 11 is 0. The molecule has 1 aliphatic carbocycles. The first-order valence-corrected chi connectivity index (χ1v) is 11.8. The van der Waals surface area contributed by atoms with Crippen molar-refractivity contribution < 1.29 is 19.0 Å². The van der Waals surface area contributed by atoms with E-state index in [0.29, 0.717) is 24.7 Å². The van der Waals surface area contributed by atoms with Crippen LogP contribution in [-0.2, 0) is 4.74 Å². The number of hydrogen-bond acceptors (Lipinski definition) is 9. The van der Waals surface area contributed by atoms with Crippen molar-refractivity contribution in [2.45, 2.75) is 43.9 Å². The Morgan fingerprint density at radius 2 is 1.79 bits per heavy atom. The van der Waals surface area contributed by atoms with Crippen molar-refractivity contribution in [2.75, 3.05) is 43.2 Å². The number of aliphatic hydroxyl groups is 1. The fourth-order valence-electron chi connectivity index (χ4n) is 4.48. The smallest absolute Gasteiger partial charge is 0.222 e. The molecule has 1 atom stereocenters. The lowest BCUT2D eigenvalue weighted by atomic mass is 9.93. The topological polar surface area (TPSA) is 106 Å². The number of nitrogens with one attached hydrogen (secondary N) is 1. The van der Waals surface area contributed by atoms with E-state index in [9.17, 15) is 9.50 Å². The number of morpholine rings is 1. The summed E-state index contributed by atoms with van der Waals surface area (Å²) in [5.41, 5.74) is 3.07. The Balaban J connectivity index is 1.22. The normalized spacial score (nSPS) is 21.9. The third-order valence-corrected chi connectivity index (χ3v) is 6.40. The van der Waals surface area contributed by atoms with E-state index in [-0.39, 0.29) is 12.1 Å². The lowest BCUT2D eigenvalue weighted by molar-refractivity contribution is 0.122. The zero-order chi connectivity index (χ0) is 23.3. The lowest BCUT2D eigenvalue weighted by Gasteiger charge is -2.31. The Hall–Kier alpha value is -3.11. The van der Waals surface area contributed by atoms with Crippen LogP contribution < -0.4 is 15.0 Å². The van der Waals surface area contributed by atoms with Gasteiger partial charge in [-0.3, -0.25) is 4.98 Å². The van der Waals surface area contributed by atoms with Crippen molar-refractivity contribution in [1.29, 1.82) is 0 Å². The summed E-state index contributed by atoms with van der Waals surface area (Å²) in [5, 5.41) is 12.9. The zero-order valence-corrected chi connectivity index (χ0v) is 18.9. The van der Waals surface area contributed by atoms with Gasteiger partial charge in [-0.15, -0.1) is 0 Å². The van der Waals surface area contributed by atoms with Gasteiger partial charge in [0.15, 0.2) is 0 Å². The Bertz CT molecular complexity index is 1090. The first kappa shape index (κ1) is 22.7. The largest absolute Gasteiger partial charge is 0.488 e.